The van der Waals surface area contributed by atoms with Crippen LogP contribution in [0.15, 0.2) is 85.1 Å². The third-order valence-corrected chi connectivity index (χ3v) is 12.1. The molecule has 0 aromatic heterocycles. The van der Waals surface area contributed by atoms with Crippen molar-refractivity contribution >= 4 is 17.9 Å². The van der Waals surface area contributed by atoms with E-state index in [1.54, 1.807) is 0 Å². The number of ether oxygens (including phenoxy) is 3. The lowest BCUT2D eigenvalue weighted by Gasteiger charge is -2.18. The number of allylic oxidation sites excluding steroid dienone is 14. The van der Waals surface area contributed by atoms with E-state index < -0.39 is 6.10 Å². The average Bonchev–Trinajstić information content (AvgIpc) is 3.34. The second-order valence-electron chi connectivity index (χ2n) is 18.8. The third kappa shape index (κ3) is 53.5. The smallest absolute Gasteiger partial charge is 0.306 e. The SMILES string of the molecule is CC/C=C\C/C=C\C/C=C\C/C=C\C/C=C\CCCC(=O)OC(COC(=O)CCCCCCC/C=C\CCCCCCCCCCC)COC(=O)CCCCCCCCC/C=C\CCCCCC. The van der Waals surface area contributed by atoms with Gasteiger partial charge < -0.3 is 14.2 Å². The molecule has 0 amide bonds. The van der Waals surface area contributed by atoms with Crippen LogP contribution < -0.4 is 0 Å². The van der Waals surface area contributed by atoms with Crippen molar-refractivity contribution in [3.05, 3.63) is 85.1 Å². The molecule has 0 saturated heterocycles. The van der Waals surface area contributed by atoms with Gasteiger partial charge in [0.25, 0.3) is 0 Å². The monoisotopic (exact) mass is 947 g/mol. The molecule has 0 radical (unpaired) electrons. The first-order valence-corrected chi connectivity index (χ1v) is 28.6. The van der Waals surface area contributed by atoms with Crippen molar-refractivity contribution in [2.24, 2.45) is 0 Å². The number of carbonyl (C=O) groups excluding carboxylic acids is 3. The molecule has 1 unspecified atom stereocenters. The summed E-state index contributed by atoms with van der Waals surface area (Å²) in [5.41, 5.74) is 0. The Labute approximate surface area is 420 Å². The summed E-state index contributed by atoms with van der Waals surface area (Å²) in [6.45, 7) is 6.47. The predicted molar refractivity (Wildman–Crippen MR) is 293 cm³/mol. The summed E-state index contributed by atoms with van der Waals surface area (Å²) in [5, 5.41) is 0. The molecule has 1 atom stereocenters. The van der Waals surface area contributed by atoms with Crippen LogP contribution in [0.1, 0.15) is 271 Å². The van der Waals surface area contributed by atoms with Crippen LogP contribution in [0.2, 0.25) is 0 Å². The molecule has 0 rings (SSSR count). The fourth-order valence-corrected chi connectivity index (χ4v) is 7.82. The number of hydrogen-bond donors (Lipinski definition) is 0. The van der Waals surface area contributed by atoms with Gasteiger partial charge in [0.15, 0.2) is 6.10 Å². The Hall–Kier alpha value is -3.41. The van der Waals surface area contributed by atoms with E-state index in [-0.39, 0.29) is 37.5 Å². The van der Waals surface area contributed by atoms with Crippen molar-refractivity contribution in [1.82, 2.24) is 0 Å². The maximum atomic E-state index is 12.8. The minimum Gasteiger partial charge on any atom is -0.462 e. The highest BCUT2D eigenvalue weighted by atomic mass is 16.6. The summed E-state index contributed by atoms with van der Waals surface area (Å²) >= 11 is 0. The van der Waals surface area contributed by atoms with Crippen LogP contribution >= 0.6 is 0 Å². The third-order valence-electron chi connectivity index (χ3n) is 12.1. The summed E-state index contributed by atoms with van der Waals surface area (Å²) in [4.78, 5) is 38.1. The lowest BCUT2D eigenvalue weighted by Crippen LogP contribution is -2.30. The molecule has 0 aliphatic rings. The molecule has 0 fully saturated rings. The van der Waals surface area contributed by atoms with E-state index in [1.165, 1.54) is 141 Å². The maximum Gasteiger partial charge on any atom is 0.306 e. The molecule has 0 heterocycles. The topological polar surface area (TPSA) is 78.9 Å². The maximum absolute atomic E-state index is 12.8. The van der Waals surface area contributed by atoms with Crippen LogP contribution in [0.3, 0.4) is 0 Å². The molecule has 0 saturated carbocycles. The predicted octanol–water partition coefficient (Wildman–Crippen LogP) is 19.2. The molecule has 0 aromatic rings. The average molecular weight is 948 g/mol. The number of carbonyl (C=O) groups is 3. The molecular formula is C62H106O6. The van der Waals surface area contributed by atoms with Gasteiger partial charge in [-0.25, -0.2) is 0 Å². The number of unbranched alkanes of at least 4 members (excludes halogenated alkanes) is 26. The van der Waals surface area contributed by atoms with E-state index in [2.05, 4.69) is 106 Å². The zero-order valence-electron chi connectivity index (χ0n) is 44.6. The molecule has 6 heteroatoms. The molecule has 0 spiro atoms. The van der Waals surface area contributed by atoms with Gasteiger partial charge in [0.05, 0.1) is 0 Å². The minimum absolute atomic E-state index is 0.104. The van der Waals surface area contributed by atoms with Crippen molar-refractivity contribution in [1.29, 1.82) is 0 Å². The summed E-state index contributed by atoms with van der Waals surface area (Å²) < 4.78 is 16.8. The molecule has 0 bridgehead atoms. The lowest BCUT2D eigenvalue weighted by molar-refractivity contribution is -0.167. The zero-order chi connectivity index (χ0) is 49.3. The van der Waals surface area contributed by atoms with E-state index in [1.807, 2.05) is 0 Å². The second-order valence-corrected chi connectivity index (χ2v) is 18.8. The van der Waals surface area contributed by atoms with Gasteiger partial charge in [0, 0.05) is 19.3 Å². The van der Waals surface area contributed by atoms with Crippen LogP contribution in [0.25, 0.3) is 0 Å². The molecule has 390 valence electrons. The number of rotatable bonds is 51. The molecular weight excluding hydrogens is 841 g/mol. The lowest BCUT2D eigenvalue weighted by atomic mass is 10.1. The van der Waals surface area contributed by atoms with Crippen molar-refractivity contribution in [2.45, 2.75) is 277 Å². The van der Waals surface area contributed by atoms with Gasteiger partial charge >= 0.3 is 17.9 Å². The van der Waals surface area contributed by atoms with Gasteiger partial charge in [-0.3, -0.25) is 14.4 Å². The summed E-state index contributed by atoms with van der Waals surface area (Å²) in [6.07, 6.45) is 72.9. The van der Waals surface area contributed by atoms with E-state index >= 15 is 0 Å². The van der Waals surface area contributed by atoms with Crippen molar-refractivity contribution < 1.29 is 28.6 Å². The first-order valence-electron chi connectivity index (χ1n) is 28.6. The van der Waals surface area contributed by atoms with E-state index in [9.17, 15) is 14.4 Å². The fourth-order valence-electron chi connectivity index (χ4n) is 7.82. The van der Waals surface area contributed by atoms with Crippen LogP contribution in [0.4, 0.5) is 0 Å². The summed E-state index contributed by atoms with van der Waals surface area (Å²) in [7, 11) is 0. The van der Waals surface area contributed by atoms with Crippen molar-refractivity contribution in [3.8, 4) is 0 Å². The molecule has 0 aliphatic heterocycles. The van der Waals surface area contributed by atoms with Crippen LogP contribution in [0.5, 0.6) is 0 Å². The van der Waals surface area contributed by atoms with Gasteiger partial charge in [0.1, 0.15) is 13.2 Å². The molecule has 68 heavy (non-hydrogen) atoms. The molecule has 0 aromatic carbocycles. The van der Waals surface area contributed by atoms with Crippen LogP contribution in [-0.4, -0.2) is 37.2 Å². The Balaban J connectivity index is 4.48. The highest BCUT2D eigenvalue weighted by Gasteiger charge is 2.19. The highest BCUT2D eigenvalue weighted by molar-refractivity contribution is 5.71. The zero-order valence-corrected chi connectivity index (χ0v) is 44.6. The minimum atomic E-state index is -0.812. The number of esters is 3. The molecule has 0 aliphatic carbocycles. The first kappa shape index (κ1) is 64.6. The Bertz CT molecular complexity index is 1320. The van der Waals surface area contributed by atoms with Gasteiger partial charge in [-0.2, -0.15) is 0 Å². The number of hydrogen-bond acceptors (Lipinski definition) is 6. The Morgan fingerprint density at radius 2 is 0.588 bits per heavy atom. The van der Waals surface area contributed by atoms with Gasteiger partial charge in [0.2, 0.25) is 0 Å². The molecule has 6 nitrogen and oxygen atoms in total. The van der Waals surface area contributed by atoms with E-state index in [4.69, 9.17) is 14.2 Å². The first-order chi connectivity index (χ1) is 33.5. The Kier molecular flexibility index (Phi) is 53.4. The fraction of sp³-hybridized carbons (Fsp3) is 0.726. The standard InChI is InChI=1S/C62H106O6/c1-4-7-10-13-16-19-22-25-28-30-32-34-37-40-43-46-49-52-55-61(64)67-58-59(57-66-60(63)54-51-48-45-42-39-36-33-27-24-21-18-15-12-9-6-3)68-62(65)56-53-50-47-44-41-38-35-31-29-26-23-20-17-14-11-8-5-2/h8,11,17,20-21,24,26,29,32,34-35,38,44,47,59H,4-7,9-10,12-16,18-19,22-23,25,27-28,30-31,33,36-37,39-43,45-46,48-58H2,1-3H3/b11-8-,20-17-,24-21-,29-26-,34-32-,38-35-,47-44-. The van der Waals surface area contributed by atoms with Crippen molar-refractivity contribution in [2.75, 3.05) is 13.2 Å². The highest BCUT2D eigenvalue weighted by Crippen LogP contribution is 2.14. The Morgan fingerprint density at radius 1 is 0.309 bits per heavy atom. The normalized spacial score (nSPS) is 12.7. The largest absolute Gasteiger partial charge is 0.462 e. The van der Waals surface area contributed by atoms with Gasteiger partial charge in [-0.05, 0) is 109 Å². The summed E-state index contributed by atoms with van der Waals surface area (Å²) in [6, 6.07) is 0. The second kappa shape index (κ2) is 56.2. The van der Waals surface area contributed by atoms with Crippen LogP contribution in [-0.2, 0) is 28.6 Å². The van der Waals surface area contributed by atoms with E-state index in [0.29, 0.717) is 19.3 Å². The quantitative estimate of drug-likeness (QED) is 0.0262. The summed E-state index contributed by atoms with van der Waals surface area (Å²) in [5.74, 6) is -0.970. The Morgan fingerprint density at radius 3 is 0.971 bits per heavy atom. The van der Waals surface area contributed by atoms with E-state index in [0.717, 1.165) is 83.5 Å². The van der Waals surface area contributed by atoms with Crippen LogP contribution in [0, 0.1) is 0 Å². The molecule has 0 N–H and O–H groups in total. The van der Waals surface area contributed by atoms with Gasteiger partial charge in [-0.1, -0.05) is 228 Å². The van der Waals surface area contributed by atoms with Gasteiger partial charge in [-0.15, -0.1) is 0 Å². The van der Waals surface area contributed by atoms with Crippen molar-refractivity contribution in [3.63, 3.8) is 0 Å².